The van der Waals surface area contributed by atoms with Crippen LogP contribution < -0.4 is 15.6 Å². The molecular formula is C18H18N4O4. The van der Waals surface area contributed by atoms with E-state index in [4.69, 9.17) is 4.74 Å². The monoisotopic (exact) mass is 354 g/mol. The molecule has 1 aromatic heterocycles. The lowest BCUT2D eigenvalue weighted by atomic mass is 9.88. The molecule has 2 aromatic rings. The predicted molar refractivity (Wildman–Crippen MR) is 93.0 cm³/mol. The molecule has 2 aliphatic heterocycles. The Morgan fingerprint density at radius 3 is 3.00 bits per heavy atom. The van der Waals surface area contributed by atoms with Gasteiger partial charge in [0, 0.05) is 18.5 Å². The molecule has 1 aromatic carbocycles. The van der Waals surface area contributed by atoms with E-state index < -0.39 is 5.92 Å². The van der Waals surface area contributed by atoms with Crippen LogP contribution in [0.1, 0.15) is 29.2 Å². The van der Waals surface area contributed by atoms with Gasteiger partial charge < -0.3 is 19.9 Å². The number of amides is 2. The molecule has 0 saturated carbocycles. The van der Waals surface area contributed by atoms with Crippen molar-refractivity contribution in [3.63, 3.8) is 0 Å². The van der Waals surface area contributed by atoms with E-state index in [2.05, 4.69) is 15.3 Å². The Labute approximate surface area is 149 Å². The number of fused-ring (bicyclic) bond motifs is 2. The van der Waals surface area contributed by atoms with E-state index >= 15 is 0 Å². The SMILES string of the molecule is COc1cccc2c1NC(=O)C[C@H]2C(=O)N1CCc2c(nc[nH]c2=O)C1. The van der Waals surface area contributed by atoms with Crippen molar-refractivity contribution in [2.75, 3.05) is 19.0 Å². The Kier molecular flexibility index (Phi) is 3.95. The second-order valence-corrected chi connectivity index (χ2v) is 6.40. The fourth-order valence-corrected chi connectivity index (χ4v) is 3.62. The molecule has 8 nitrogen and oxygen atoms in total. The summed E-state index contributed by atoms with van der Waals surface area (Å²) in [5.74, 6) is -0.391. The van der Waals surface area contributed by atoms with Gasteiger partial charge in [-0.05, 0) is 18.1 Å². The molecule has 0 unspecified atom stereocenters. The standard InChI is InChI=1S/C18H18N4O4/c1-26-14-4-2-3-10-12(7-15(23)21-16(10)14)18(25)22-6-5-11-13(8-22)19-9-20-17(11)24/h2-4,9,12H,5-8H2,1H3,(H,21,23)(H,19,20,24)/t12-/m1/s1. The van der Waals surface area contributed by atoms with Gasteiger partial charge in [0.25, 0.3) is 5.56 Å². The van der Waals surface area contributed by atoms with Crippen LogP contribution >= 0.6 is 0 Å². The van der Waals surface area contributed by atoms with Gasteiger partial charge in [0.2, 0.25) is 11.8 Å². The molecule has 4 rings (SSSR count). The molecule has 3 heterocycles. The molecule has 26 heavy (non-hydrogen) atoms. The topological polar surface area (TPSA) is 104 Å². The average molecular weight is 354 g/mol. The summed E-state index contributed by atoms with van der Waals surface area (Å²) in [7, 11) is 1.53. The molecule has 0 radical (unpaired) electrons. The first-order valence-electron chi connectivity index (χ1n) is 8.39. The maximum atomic E-state index is 13.1. The van der Waals surface area contributed by atoms with Crippen molar-refractivity contribution in [2.24, 2.45) is 0 Å². The molecule has 8 heteroatoms. The van der Waals surface area contributed by atoms with Crippen molar-refractivity contribution >= 4 is 17.5 Å². The summed E-state index contributed by atoms with van der Waals surface area (Å²) < 4.78 is 5.31. The van der Waals surface area contributed by atoms with Crippen LogP contribution in [0.15, 0.2) is 29.3 Å². The van der Waals surface area contributed by atoms with Crippen LogP contribution in [0.4, 0.5) is 5.69 Å². The largest absolute Gasteiger partial charge is 0.495 e. The Hall–Kier alpha value is -3.16. The van der Waals surface area contributed by atoms with Gasteiger partial charge in [-0.1, -0.05) is 12.1 Å². The van der Waals surface area contributed by atoms with Gasteiger partial charge >= 0.3 is 0 Å². The van der Waals surface area contributed by atoms with Gasteiger partial charge in [-0.3, -0.25) is 14.4 Å². The number of aromatic nitrogens is 2. The summed E-state index contributed by atoms with van der Waals surface area (Å²) in [5.41, 5.74) is 2.38. The second-order valence-electron chi connectivity index (χ2n) is 6.40. The first kappa shape index (κ1) is 16.3. The van der Waals surface area contributed by atoms with Crippen LogP contribution in [0.25, 0.3) is 0 Å². The average Bonchev–Trinajstić information content (AvgIpc) is 2.66. The highest BCUT2D eigenvalue weighted by Crippen LogP contribution is 2.39. The third-order valence-corrected chi connectivity index (χ3v) is 4.93. The van der Waals surface area contributed by atoms with Crippen molar-refractivity contribution in [3.8, 4) is 5.75 Å². The van der Waals surface area contributed by atoms with Crippen LogP contribution in [0, 0.1) is 0 Å². The van der Waals surface area contributed by atoms with Gasteiger partial charge in [0.1, 0.15) is 5.75 Å². The molecule has 0 saturated heterocycles. The van der Waals surface area contributed by atoms with E-state index in [9.17, 15) is 14.4 Å². The molecule has 0 fully saturated rings. The van der Waals surface area contributed by atoms with Crippen LogP contribution in [0.5, 0.6) is 5.75 Å². The van der Waals surface area contributed by atoms with Gasteiger partial charge in [0.05, 0.1) is 37.3 Å². The van der Waals surface area contributed by atoms with Crippen molar-refractivity contribution in [3.05, 3.63) is 51.7 Å². The highest BCUT2D eigenvalue weighted by atomic mass is 16.5. The number of hydrogen-bond acceptors (Lipinski definition) is 5. The van der Waals surface area contributed by atoms with E-state index in [0.717, 1.165) is 5.56 Å². The molecular weight excluding hydrogens is 336 g/mol. The minimum atomic E-state index is -0.572. The summed E-state index contributed by atoms with van der Waals surface area (Å²) in [6, 6.07) is 5.39. The summed E-state index contributed by atoms with van der Waals surface area (Å²) in [6.07, 6.45) is 1.89. The van der Waals surface area contributed by atoms with E-state index in [-0.39, 0.29) is 30.3 Å². The van der Waals surface area contributed by atoms with Crippen LogP contribution in [-0.2, 0) is 22.6 Å². The summed E-state index contributed by atoms with van der Waals surface area (Å²) in [5, 5.41) is 2.80. The Morgan fingerprint density at radius 2 is 2.19 bits per heavy atom. The first-order chi connectivity index (χ1) is 12.6. The number of methoxy groups -OCH3 is 1. The van der Waals surface area contributed by atoms with Crippen LogP contribution in [0.3, 0.4) is 0 Å². The highest BCUT2D eigenvalue weighted by Gasteiger charge is 2.36. The number of aromatic amines is 1. The second kappa shape index (κ2) is 6.29. The van der Waals surface area contributed by atoms with Gasteiger partial charge in [-0.2, -0.15) is 0 Å². The van der Waals surface area contributed by atoms with Crippen molar-refractivity contribution < 1.29 is 14.3 Å². The third-order valence-electron chi connectivity index (χ3n) is 4.93. The maximum Gasteiger partial charge on any atom is 0.254 e. The summed E-state index contributed by atoms with van der Waals surface area (Å²) >= 11 is 0. The number of H-pyrrole nitrogens is 1. The minimum absolute atomic E-state index is 0.0885. The Balaban J connectivity index is 1.66. The highest BCUT2D eigenvalue weighted by molar-refractivity contribution is 6.02. The molecule has 2 amide bonds. The predicted octanol–water partition coefficient (Wildman–Crippen LogP) is 0.789. The smallest absolute Gasteiger partial charge is 0.254 e. The number of ether oxygens (including phenoxy) is 1. The molecule has 1 atom stereocenters. The zero-order valence-corrected chi connectivity index (χ0v) is 14.2. The molecule has 0 aliphatic carbocycles. The number of carbonyl (C=O) groups is 2. The number of nitrogens with zero attached hydrogens (tertiary/aromatic N) is 2. The van der Waals surface area contributed by atoms with E-state index in [1.54, 1.807) is 11.0 Å². The third kappa shape index (κ3) is 2.63. The van der Waals surface area contributed by atoms with Gasteiger partial charge in [-0.15, -0.1) is 0 Å². The van der Waals surface area contributed by atoms with Crippen molar-refractivity contribution in [1.29, 1.82) is 0 Å². The fraction of sp³-hybridized carbons (Fsp3) is 0.333. The van der Waals surface area contributed by atoms with E-state index in [1.165, 1.54) is 13.4 Å². The maximum absolute atomic E-state index is 13.1. The van der Waals surface area contributed by atoms with Crippen molar-refractivity contribution in [1.82, 2.24) is 14.9 Å². The van der Waals surface area contributed by atoms with Crippen molar-refractivity contribution in [2.45, 2.75) is 25.3 Å². The number of rotatable bonds is 2. The number of benzene rings is 1. The summed E-state index contributed by atoms with van der Waals surface area (Å²) in [4.78, 5) is 45.6. The zero-order chi connectivity index (χ0) is 18.3. The number of anilines is 1. The molecule has 2 N–H and O–H groups in total. The number of para-hydroxylation sites is 1. The number of nitrogens with one attached hydrogen (secondary N) is 2. The molecule has 0 bridgehead atoms. The Bertz CT molecular complexity index is 952. The van der Waals surface area contributed by atoms with Crippen LogP contribution in [0.2, 0.25) is 0 Å². The lowest BCUT2D eigenvalue weighted by molar-refractivity contribution is -0.135. The fourth-order valence-electron chi connectivity index (χ4n) is 3.62. The molecule has 134 valence electrons. The number of hydrogen-bond donors (Lipinski definition) is 2. The van der Waals surface area contributed by atoms with Crippen LogP contribution in [-0.4, -0.2) is 40.3 Å². The van der Waals surface area contributed by atoms with E-state index in [1.807, 2.05) is 12.1 Å². The quantitative estimate of drug-likeness (QED) is 0.830. The molecule has 0 spiro atoms. The normalized spacial score (nSPS) is 18.6. The number of carbonyl (C=O) groups excluding carboxylic acids is 2. The first-order valence-corrected chi connectivity index (χ1v) is 8.39. The Morgan fingerprint density at radius 1 is 1.35 bits per heavy atom. The molecule has 2 aliphatic rings. The lowest BCUT2D eigenvalue weighted by Gasteiger charge is -2.33. The van der Waals surface area contributed by atoms with Gasteiger partial charge in [0.15, 0.2) is 0 Å². The van der Waals surface area contributed by atoms with Gasteiger partial charge in [-0.25, -0.2) is 4.98 Å². The lowest BCUT2D eigenvalue weighted by Crippen LogP contribution is -2.43. The zero-order valence-electron chi connectivity index (χ0n) is 14.2. The summed E-state index contributed by atoms with van der Waals surface area (Å²) in [6.45, 7) is 0.702. The van der Waals surface area contributed by atoms with E-state index in [0.29, 0.717) is 35.7 Å². The minimum Gasteiger partial charge on any atom is -0.495 e.